The summed E-state index contributed by atoms with van der Waals surface area (Å²) >= 11 is -0.556. The van der Waals surface area contributed by atoms with Crippen molar-refractivity contribution >= 4 is 67.8 Å². The van der Waals surface area contributed by atoms with E-state index in [1.54, 1.807) is 0 Å². The first-order valence-electron chi connectivity index (χ1n) is 6.01. The first-order chi connectivity index (χ1) is 8.24. The topological polar surface area (TPSA) is 36.9 Å². The Bertz CT molecular complexity index is 232. The summed E-state index contributed by atoms with van der Waals surface area (Å²) < 4.78 is 24.6. The Morgan fingerprint density at radius 3 is 0.737 bits per heavy atom. The number of halogens is 2. The molecule has 1 saturated heterocycles. The van der Waals surface area contributed by atoms with Crippen LogP contribution in [-0.4, -0.2) is 47.8 Å². The molecule has 1 fully saturated rings. The molecule has 11 heteroatoms. The van der Waals surface area contributed by atoms with Gasteiger partial charge in [0.05, 0.1) is 0 Å². The van der Waals surface area contributed by atoms with Crippen molar-refractivity contribution < 1.29 is 16.5 Å². The van der Waals surface area contributed by atoms with Gasteiger partial charge in [0, 0.05) is 0 Å². The van der Waals surface area contributed by atoms with Crippen molar-refractivity contribution in [3.63, 3.8) is 0 Å². The number of rotatable bonds is 0. The molecule has 4 nitrogen and oxygen atoms in total. The molecular formula is C8H24Cl2GeO4Si4. The summed E-state index contributed by atoms with van der Waals surface area (Å²) in [5.41, 5.74) is 0. The van der Waals surface area contributed by atoms with E-state index in [4.69, 9.17) is 36.5 Å². The molecule has 0 aromatic carbocycles. The fourth-order valence-electron chi connectivity index (χ4n) is 2.45. The molecule has 2 radical (unpaired) electrons. The Morgan fingerprint density at radius 2 is 0.632 bits per heavy atom. The van der Waals surface area contributed by atoms with Gasteiger partial charge in [-0.1, -0.05) is 0 Å². The van der Waals surface area contributed by atoms with Crippen molar-refractivity contribution in [3.05, 3.63) is 0 Å². The first-order valence-corrected chi connectivity index (χ1v) is 22.8. The van der Waals surface area contributed by atoms with Gasteiger partial charge in [-0.25, -0.2) is 0 Å². The van der Waals surface area contributed by atoms with Gasteiger partial charge in [0.1, 0.15) is 0 Å². The second-order valence-electron chi connectivity index (χ2n) is 6.08. The molecule has 19 heavy (non-hydrogen) atoms. The second-order valence-corrected chi connectivity index (χ2v) is 23.8. The van der Waals surface area contributed by atoms with Crippen LogP contribution in [-0.2, 0) is 16.5 Å². The van der Waals surface area contributed by atoms with Crippen LogP contribution >= 0.6 is 20.0 Å². The van der Waals surface area contributed by atoms with E-state index < -0.39 is 47.8 Å². The molecule has 0 bridgehead atoms. The van der Waals surface area contributed by atoms with E-state index in [1.165, 1.54) is 0 Å². The van der Waals surface area contributed by atoms with Gasteiger partial charge in [-0.05, 0) is 52.4 Å². The summed E-state index contributed by atoms with van der Waals surface area (Å²) in [7, 11) is 1.33. The molecule has 1 aliphatic rings. The fourth-order valence-corrected chi connectivity index (χ4v) is 23.6. The summed E-state index contributed by atoms with van der Waals surface area (Å²) in [5.74, 6) is 0. The van der Waals surface area contributed by atoms with Crippen LogP contribution in [0.5, 0.6) is 0 Å². The van der Waals surface area contributed by atoms with E-state index in [2.05, 4.69) is 52.4 Å². The molecule has 0 spiro atoms. The van der Waals surface area contributed by atoms with Crippen LogP contribution in [0.2, 0.25) is 52.4 Å². The summed E-state index contributed by atoms with van der Waals surface area (Å²) in [4.78, 5) is 0. The Balaban J connectivity index is 0.000000982. The van der Waals surface area contributed by atoms with E-state index in [0.29, 0.717) is 0 Å². The van der Waals surface area contributed by atoms with Gasteiger partial charge in [0.15, 0.2) is 0 Å². The van der Waals surface area contributed by atoms with Crippen molar-refractivity contribution in [2.45, 2.75) is 52.4 Å². The third-order valence-corrected chi connectivity index (χ3v) is 17.7. The fraction of sp³-hybridized carbons (Fsp3) is 1.00. The average molecular weight is 440 g/mol. The van der Waals surface area contributed by atoms with Gasteiger partial charge < -0.3 is 16.5 Å². The van der Waals surface area contributed by atoms with Crippen LogP contribution in [0.25, 0.3) is 0 Å². The molecule has 1 rings (SSSR count). The molecule has 114 valence electrons. The summed E-state index contributed by atoms with van der Waals surface area (Å²) in [6.07, 6.45) is 0. The van der Waals surface area contributed by atoms with Crippen molar-refractivity contribution in [2.75, 3.05) is 0 Å². The predicted octanol–water partition coefficient (Wildman–Crippen LogP) is 3.87. The van der Waals surface area contributed by atoms with Crippen LogP contribution < -0.4 is 0 Å². The molecule has 1 heterocycles. The Labute approximate surface area is 136 Å². The predicted molar refractivity (Wildman–Crippen MR) is 91.7 cm³/mol. The number of hydrogen-bond acceptors (Lipinski definition) is 4. The Kier molecular flexibility index (Phi) is 8.11. The van der Waals surface area contributed by atoms with Gasteiger partial charge in [-0.2, -0.15) is 0 Å². The molecule has 0 atom stereocenters. The van der Waals surface area contributed by atoms with E-state index in [9.17, 15) is 0 Å². The zero-order valence-corrected chi connectivity index (χ0v) is 20.5. The van der Waals surface area contributed by atoms with Gasteiger partial charge in [-0.15, -0.1) is 0 Å². The zero-order chi connectivity index (χ0) is 15.5. The minimum absolute atomic E-state index is 0.556. The van der Waals surface area contributed by atoms with Crippen molar-refractivity contribution in [2.24, 2.45) is 0 Å². The Hall–Kier alpha value is 1.83. The van der Waals surface area contributed by atoms with Crippen LogP contribution in [0.3, 0.4) is 0 Å². The van der Waals surface area contributed by atoms with Gasteiger partial charge in [0.25, 0.3) is 0 Å². The van der Waals surface area contributed by atoms with Crippen LogP contribution in [0.4, 0.5) is 0 Å². The van der Waals surface area contributed by atoms with Crippen molar-refractivity contribution in [1.82, 2.24) is 0 Å². The third-order valence-electron chi connectivity index (χ3n) is 1.97. The molecule has 0 saturated carbocycles. The van der Waals surface area contributed by atoms with Crippen molar-refractivity contribution in [1.29, 1.82) is 0 Å². The number of hydrogen-bond donors (Lipinski definition) is 0. The SMILES string of the molecule is C[Si]1(C)O[Si](C)(C)O[Si](C)(C)O[Si](C)(C)O1.[Cl][Ge][Cl]. The van der Waals surface area contributed by atoms with Crippen LogP contribution in [0, 0.1) is 0 Å². The van der Waals surface area contributed by atoms with Crippen LogP contribution in [0.1, 0.15) is 0 Å². The van der Waals surface area contributed by atoms with E-state index in [0.717, 1.165) is 0 Å². The first kappa shape index (κ1) is 20.8. The quantitative estimate of drug-likeness (QED) is 0.537. The monoisotopic (exact) mass is 440 g/mol. The third kappa shape index (κ3) is 9.45. The molecule has 0 unspecified atom stereocenters. The molecule has 0 N–H and O–H groups in total. The average Bonchev–Trinajstić information content (AvgIpc) is 1.90. The van der Waals surface area contributed by atoms with Gasteiger partial charge in [-0.3, -0.25) is 0 Å². The second kappa shape index (κ2) is 7.40. The summed E-state index contributed by atoms with van der Waals surface area (Å²) in [5, 5.41) is 0. The maximum absolute atomic E-state index is 6.16. The zero-order valence-electron chi connectivity index (χ0n) is 12.9. The summed E-state index contributed by atoms with van der Waals surface area (Å²) in [6, 6.07) is 0. The standard InChI is InChI=1S/C8H24O4Si4.Cl2Ge/c1-13(2)9-14(3,4)11-16(7,8)12-15(5,6)10-13;1-3-2/h1-8H3;. The molecule has 0 aliphatic carbocycles. The minimum atomic E-state index is -2.11. The Morgan fingerprint density at radius 1 is 0.526 bits per heavy atom. The molecule has 0 aromatic rings. The normalized spacial score (nSPS) is 27.5. The van der Waals surface area contributed by atoms with E-state index >= 15 is 0 Å². The van der Waals surface area contributed by atoms with Gasteiger partial charge >= 0.3 is 67.8 Å². The maximum atomic E-state index is 6.16. The molecule has 0 aromatic heterocycles. The molecular weight excluding hydrogens is 416 g/mol. The van der Waals surface area contributed by atoms with E-state index in [1.807, 2.05) is 0 Å². The summed E-state index contributed by atoms with van der Waals surface area (Å²) in [6.45, 7) is 16.6. The van der Waals surface area contributed by atoms with Crippen LogP contribution in [0.15, 0.2) is 0 Å². The molecule has 0 amide bonds. The van der Waals surface area contributed by atoms with Gasteiger partial charge in [0.2, 0.25) is 0 Å². The molecule has 1 aliphatic heterocycles. The van der Waals surface area contributed by atoms with E-state index in [-0.39, 0.29) is 0 Å². The van der Waals surface area contributed by atoms with Crippen molar-refractivity contribution in [3.8, 4) is 0 Å².